The number of ketones is 1. The molecule has 1 aliphatic carbocycles. The second kappa shape index (κ2) is 3.17. The van der Waals surface area contributed by atoms with Crippen LogP contribution in [0.2, 0.25) is 0 Å². The van der Waals surface area contributed by atoms with Crippen molar-refractivity contribution in [2.75, 3.05) is 0 Å². The van der Waals surface area contributed by atoms with Gasteiger partial charge in [0.1, 0.15) is 5.82 Å². The van der Waals surface area contributed by atoms with Crippen molar-refractivity contribution < 1.29 is 9.18 Å². The Labute approximate surface area is 92.5 Å². The van der Waals surface area contributed by atoms with E-state index in [9.17, 15) is 9.18 Å². The van der Waals surface area contributed by atoms with Gasteiger partial charge < -0.3 is 4.98 Å². The Morgan fingerprint density at radius 3 is 2.94 bits per heavy atom. The van der Waals surface area contributed by atoms with Crippen molar-refractivity contribution in [1.82, 2.24) is 4.98 Å². The van der Waals surface area contributed by atoms with Crippen LogP contribution in [0.4, 0.5) is 4.39 Å². The number of nitrogens with one attached hydrogen (secondary N) is 1. The average Bonchev–Trinajstić information content (AvgIpc) is 2.85. The van der Waals surface area contributed by atoms with Gasteiger partial charge in [-0.2, -0.15) is 0 Å². The molecule has 1 heterocycles. The molecule has 1 aliphatic rings. The Kier molecular flexibility index (Phi) is 1.90. The molecule has 3 rings (SSSR count). The van der Waals surface area contributed by atoms with E-state index in [-0.39, 0.29) is 17.5 Å². The maximum absolute atomic E-state index is 13.1. The second-order valence-electron chi connectivity index (χ2n) is 4.58. The number of aromatic amines is 1. The molecule has 1 aromatic heterocycles. The van der Waals surface area contributed by atoms with Crippen LogP contribution in [0.3, 0.4) is 0 Å². The molecule has 1 fully saturated rings. The number of H-pyrrole nitrogens is 1. The van der Waals surface area contributed by atoms with Gasteiger partial charge in [-0.3, -0.25) is 4.79 Å². The lowest BCUT2D eigenvalue weighted by Crippen LogP contribution is -2.01. The van der Waals surface area contributed by atoms with E-state index >= 15 is 0 Å². The highest BCUT2D eigenvalue weighted by Crippen LogP contribution is 2.41. The van der Waals surface area contributed by atoms with Gasteiger partial charge in [0.15, 0.2) is 5.78 Å². The first-order chi connectivity index (χ1) is 7.66. The Hall–Kier alpha value is -1.64. The number of fused-ring (bicyclic) bond motifs is 1. The van der Waals surface area contributed by atoms with E-state index in [1.54, 1.807) is 12.3 Å². The predicted molar refractivity (Wildman–Crippen MR) is 59.9 cm³/mol. The van der Waals surface area contributed by atoms with Gasteiger partial charge in [0.05, 0.1) is 0 Å². The van der Waals surface area contributed by atoms with E-state index < -0.39 is 0 Å². The summed E-state index contributed by atoms with van der Waals surface area (Å²) in [6, 6.07) is 4.48. The molecule has 82 valence electrons. The largest absolute Gasteiger partial charge is 0.360 e. The number of benzene rings is 1. The average molecular weight is 217 g/mol. The van der Waals surface area contributed by atoms with E-state index in [4.69, 9.17) is 0 Å². The third-order valence-corrected chi connectivity index (χ3v) is 3.36. The minimum atomic E-state index is -0.301. The fraction of sp³-hybridized carbons (Fsp3) is 0.308. The highest BCUT2D eigenvalue weighted by molar-refractivity contribution is 6.09. The van der Waals surface area contributed by atoms with Gasteiger partial charge in [0, 0.05) is 28.6 Å². The van der Waals surface area contributed by atoms with Gasteiger partial charge in [-0.05, 0) is 30.5 Å². The smallest absolute Gasteiger partial charge is 0.168 e. The summed E-state index contributed by atoms with van der Waals surface area (Å²) in [7, 11) is 0. The number of hydrogen-bond acceptors (Lipinski definition) is 1. The third-order valence-electron chi connectivity index (χ3n) is 3.36. The number of halogens is 1. The summed E-state index contributed by atoms with van der Waals surface area (Å²) in [4.78, 5) is 15.1. The standard InChI is InChI=1S/C13H12FNO/c1-7-4-9(7)13(16)11-6-15-12-3-2-8(14)5-10(11)12/h2-3,5-7,9,15H,4H2,1H3. The molecule has 0 spiro atoms. The normalized spacial score (nSPS) is 23.6. The second-order valence-corrected chi connectivity index (χ2v) is 4.58. The zero-order chi connectivity index (χ0) is 11.3. The topological polar surface area (TPSA) is 32.9 Å². The molecular weight excluding hydrogens is 205 g/mol. The van der Waals surface area contributed by atoms with Crippen LogP contribution in [0.5, 0.6) is 0 Å². The molecule has 1 N–H and O–H groups in total. The summed E-state index contributed by atoms with van der Waals surface area (Å²) in [5.74, 6) is 0.461. The van der Waals surface area contributed by atoms with Crippen LogP contribution in [0.25, 0.3) is 10.9 Å². The van der Waals surface area contributed by atoms with Gasteiger partial charge in [0.25, 0.3) is 0 Å². The molecule has 2 unspecified atom stereocenters. The summed E-state index contributed by atoms with van der Waals surface area (Å²) in [6.45, 7) is 2.07. The van der Waals surface area contributed by atoms with Crippen LogP contribution in [0, 0.1) is 17.7 Å². The molecular formula is C13H12FNO. The Morgan fingerprint density at radius 1 is 1.50 bits per heavy atom. The molecule has 2 aromatic rings. The van der Waals surface area contributed by atoms with Crippen molar-refractivity contribution in [1.29, 1.82) is 0 Å². The van der Waals surface area contributed by atoms with E-state index in [1.807, 2.05) is 0 Å². The van der Waals surface area contributed by atoms with Crippen LogP contribution in [0.1, 0.15) is 23.7 Å². The molecule has 0 aliphatic heterocycles. The molecule has 2 atom stereocenters. The van der Waals surface area contributed by atoms with Crippen LogP contribution in [0.15, 0.2) is 24.4 Å². The number of aromatic nitrogens is 1. The highest BCUT2D eigenvalue weighted by atomic mass is 19.1. The van der Waals surface area contributed by atoms with Gasteiger partial charge >= 0.3 is 0 Å². The maximum atomic E-state index is 13.1. The minimum absolute atomic E-state index is 0.141. The first-order valence-corrected chi connectivity index (χ1v) is 5.47. The van der Waals surface area contributed by atoms with E-state index in [0.29, 0.717) is 16.9 Å². The summed E-state index contributed by atoms with van der Waals surface area (Å²) in [5, 5.41) is 0.698. The summed E-state index contributed by atoms with van der Waals surface area (Å²) >= 11 is 0. The van der Waals surface area contributed by atoms with Crippen molar-refractivity contribution in [2.24, 2.45) is 11.8 Å². The molecule has 16 heavy (non-hydrogen) atoms. The number of carbonyl (C=O) groups excluding carboxylic acids is 1. The van der Waals surface area contributed by atoms with Crippen molar-refractivity contribution in [3.63, 3.8) is 0 Å². The number of rotatable bonds is 2. The molecule has 0 radical (unpaired) electrons. The van der Waals surface area contributed by atoms with Gasteiger partial charge in [-0.25, -0.2) is 4.39 Å². The lowest BCUT2D eigenvalue weighted by molar-refractivity contribution is 0.0964. The van der Waals surface area contributed by atoms with Crippen molar-refractivity contribution in [3.05, 3.63) is 35.8 Å². The number of Topliss-reactive ketones (excluding diaryl/α,β-unsaturated/α-hetero) is 1. The lowest BCUT2D eigenvalue weighted by Gasteiger charge is -1.97. The lowest BCUT2D eigenvalue weighted by atomic mass is 10.1. The fourth-order valence-electron chi connectivity index (χ4n) is 2.18. The van der Waals surface area contributed by atoms with Crippen LogP contribution < -0.4 is 0 Å². The zero-order valence-electron chi connectivity index (χ0n) is 8.96. The summed E-state index contributed by atoms with van der Waals surface area (Å²) < 4.78 is 13.1. The molecule has 0 amide bonds. The number of carbonyl (C=O) groups is 1. The SMILES string of the molecule is CC1CC1C(=O)c1c[nH]c2ccc(F)cc12. The first-order valence-electron chi connectivity index (χ1n) is 5.47. The molecule has 2 nitrogen and oxygen atoms in total. The van der Waals surface area contributed by atoms with Gasteiger partial charge in [-0.15, -0.1) is 0 Å². The molecule has 1 aromatic carbocycles. The van der Waals surface area contributed by atoms with Gasteiger partial charge in [-0.1, -0.05) is 6.92 Å². The Morgan fingerprint density at radius 2 is 2.25 bits per heavy atom. The zero-order valence-corrected chi connectivity index (χ0v) is 8.96. The van der Waals surface area contributed by atoms with Gasteiger partial charge in [0.2, 0.25) is 0 Å². The van der Waals surface area contributed by atoms with E-state index in [0.717, 1.165) is 11.9 Å². The minimum Gasteiger partial charge on any atom is -0.360 e. The fourth-order valence-corrected chi connectivity index (χ4v) is 2.18. The summed E-state index contributed by atoms with van der Waals surface area (Å²) in [6.07, 6.45) is 2.65. The van der Waals surface area contributed by atoms with Crippen molar-refractivity contribution >= 4 is 16.7 Å². The first kappa shape index (κ1) is 9.58. The predicted octanol–water partition coefficient (Wildman–Crippen LogP) is 3.15. The van der Waals surface area contributed by atoms with Crippen LogP contribution >= 0.6 is 0 Å². The molecule has 0 saturated heterocycles. The summed E-state index contributed by atoms with van der Waals surface area (Å²) in [5.41, 5.74) is 1.45. The molecule has 3 heteroatoms. The molecule has 1 saturated carbocycles. The molecule has 0 bridgehead atoms. The quantitative estimate of drug-likeness (QED) is 0.770. The third kappa shape index (κ3) is 1.35. The van der Waals surface area contributed by atoms with Crippen LogP contribution in [-0.4, -0.2) is 10.8 Å². The monoisotopic (exact) mass is 217 g/mol. The van der Waals surface area contributed by atoms with Crippen molar-refractivity contribution in [2.45, 2.75) is 13.3 Å². The van der Waals surface area contributed by atoms with E-state index in [2.05, 4.69) is 11.9 Å². The van der Waals surface area contributed by atoms with Crippen molar-refractivity contribution in [3.8, 4) is 0 Å². The highest BCUT2D eigenvalue weighted by Gasteiger charge is 2.40. The van der Waals surface area contributed by atoms with Crippen LogP contribution in [-0.2, 0) is 0 Å². The maximum Gasteiger partial charge on any atom is 0.168 e. The Bertz CT molecular complexity index is 572. The Balaban J connectivity index is 2.09. The number of hydrogen-bond donors (Lipinski definition) is 1. The van der Waals surface area contributed by atoms with E-state index in [1.165, 1.54) is 12.1 Å².